The molecule has 9 heteroatoms. The van der Waals surface area contributed by atoms with Gasteiger partial charge in [-0.25, -0.2) is 13.1 Å². The van der Waals surface area contributed by atoms with Crippen LogP contribution in [0.3, 0.4) is 0 Å². The van der Waals surface area contributed by atoms with Gasteiger partial charge >= 0.3 is 0 Å². The molecule has 2 heterocycles. The molecule has 176 valence electrons. The predicted molar refractivity (Wildman–Crippen MR) is 126 cm³/mol. The maximum Gasteiger partial charge on any atom is 0.240 e. The first-order valence-electron chi connectivity index (χ1n) is 11.2. The highest BCUT2D eigenvalue weighted by Gasteiger charge is 2.31. The number of nitrogens with one attached hydrogen (secondary N) is 1. The van der Waals surface area contributed by atoms with Gasteiger partial charge in [0.15, 0.2) is 0 Å². The van der Waals surface area contributed by atoms with Gasteiger partial charge in [-0.2, -0.15) is 0 Å². The monoisotopic (exact) mass is 489 g/mol. The molecule has 0 saturated carbocycles. The number of nitrogens with zero attached hydrogens (tertiary/aromatic N) is 2. The maximum absolute atomic E-state index is 13.0. The van der Waals surface area contributed by atoms with Crippen LogP contribution in [0.1, 0.15) is 30.4 Å². The molecule has 1 N–H and O–H groups in total. The van der Waals surface area contributed by atoms with E-state index >= 15 is 0 Å². The molecule has 1 fully saturated rings. The Bertz CT molecular complexity index is 1130. The minimum Gasteiger partial charge on any atom is -0.343 e. The molecule has 0 aliphatic carbocycles. The number of benzene rings is 2. The van der Waals surface area contributed by atoms with E-state index in [1.165, 1.54) is 23.3 Å². The third-order valence-electron chi connectivity index (χ3n) is 6.38. The van der Waals surface area contributed by atoms with Crippen LogP contribution in [-0.2, 0) is 32.6 Å². The minimum absolute atomic E-state index is 0.0136. The molecule has 0 atom stereocenters. The third kappa shape index (κ3) is 5.75. The van der Waals surface area contributed by atoms with E-state index in [9.17, 15) is 18.0 Å². The molecule has 4 rings (SSSR count). The van der Waals surface area contributed by atoms with Gasteiger partial charge in [-0.15, -0.1) is 0 Å². The summed E-state index contributed by atoms with van der Waals surface area (Å²) < 4.78 is 27.2. The fourth-order valence-corrected chi connectivity index (χ4v) is 5.82. The molecule has 2 aliphatic heterocycles. The van der Waals surface area contributed by atoms with Crippen LogP contribution in [0.5, 0.6) is 0 Å². The van der Waals surface area contributed by atoms with Crippen molar-refractivity contribution in [3.63, 3.8) is 0 Å². The number of amides is 2. The second kappa shape index (κ2) is 10.2. The van der Waals surface area contributed by atoms with E-state index in [0.717, 1.165) is 13.0 Å². The Morgan fingerprint density at radius 2 is 1.70 bits per heavy atom. The third-order valence-corrected chi connectivity index (χ3v) is 8.07. The molecule has 2 aromatic rings. The van der Waals surface area contributed by atoms with E-state index in [-0.39, 0.29) is 35.6 Å². The molecule has 2 aromatic carbocycles. The summed E-state index contributed by atoms with van der Waals surface area (Å²) >= 11 is 5.86. The second-order valence-electron chi connectivity index (χ2n) is 8.54. The van der Waals surface area contributed by atoms with Gasteiger partial charge in [-0.1, -0.05) is 41.9 Å². The van der Waals surface area contributed by atoms with Gasteiger partial charge < -0.3 is 9.80 Å². The molecule has 0 aromatic heterocycles. The van der Waals surface area contributed by atoms with Crippen molar-refractivity contribution in [2.45, 2.75) is 37.1 Å². The largest absolute Gasteiger partial charge is 0.343 e. The SMILES string of the molecule is O=C(CCNS(=O)(=O)c1cccc(Cl)c1)N1CCC(C(=O)N2CCc3ccccc3C2)CC1. The first-order chi connectivity index (χ1) is 15.8. The Kier molecular flexibility index (Phi) is 7.36. The summed E-state index contributed by atoms with van der Waals surface area (Å²) in [6.07, 6.45) is 2.22. The van der Waals surface area contributed by atoms with Crippen LogP contribution in [0.15, 0.2) is 53.4 Å². The Hall–Kier alpha value is -2.42. The van der Waals surface area contributed by atoms with Crippen molar-refractivity contribution < 1.29 is 18.0 Å². The zero-order valence-corrected chi connectivity index (χ0v) is 19.9. The predicted octanol–water partition coefficient (Wildman–Crippen LogP) is 2.83. The molecule has 2 aliphatic rings. The van der Waals surface area contributed by atoms with Crippen LogP contribution in [0.4, 0.5) is 0 Å². The van der Waals surface area contributed by atoms with Gasteiger partial charge in [0.1, 0.15) is 0 Å². The number of sulfonamides is 1. The summed E-state index contributed by atoms with van der Waals surface area (Å²) in [6, 6.07) is 14.2. The number of halogens is 1. The molecular formula is C24H28ClN3O4S. The number of fused-ring (bicyclic) bond motifs is 1. The van der Waals surface area contributed by atoms with Crippen LogP contribution in [0.2, 0.25) is 5.02 Å². The summed E-state index contributed by atoms with van der Waals surface area (Å²) in [7, 11) is -3.72. The lowest BCUT2D eigenvalue weighted by Crippen LogP contribution is -2.46. The molecule has 0 radical (unpaired) electrons. The smallest absolute Gasteiger partial charge is 0.240 e. The normalized spacial score (nSPS) is 17.0. The quantitative estimate of drug-likeness (QED) is 0.676. The molecule has 0 spiro atoms. The molecule has 0 unspecified atom stereocenters. The zero-order chi connectivity index (χ0) is 23.4. The molecule has 2 amide bonds. The summed E-state index contributed by atoms with van der Waals surface area (Å²) in [5.74, 6) is -0.00637. The van der Waals surface area contributed by atoms with Gasteiger partial charge in [0.05, 0.1) is 4.90 Å². The molecule has 33 heavy (non-hydrogen) atoms. The molecule has 1 saturated heterocycles. The highest BCUT2D eigenvalue weighted by molar-refractivity contribution is 7.89. The Balaban J connectivity index is 1.23. The summed E-state index contributed by atoms with van der Waals surface area (Å²) in [4.78, 5) is 29.3. The molecular weight excluding hydrogens is 462 g/mol. The van der Waals surface area contributed by atoms with Gasteiger partial charge in [-0.3, -0.25) is 9.59 Å². The highest BCUT2D eigenvalue weighted by Crippen LogP contribution is 2.25. The van der Waals surface area contributed by atoms with Crippen molar-refractivity contribution in [3.8, 4) is 0 Å². The number of hydrogen-bond donors (Lipinski definition) is 1. The fraction of sp³-hybridized carbons (Fsp3) is 0.417. The van der Waals surface area contributed by atoms with Crippen molar-refractivity contribution >= 4 is 33.4 Å². The van der Waals surface area contributed by atoms with Gasteiger partial charge in [-0.05, 0) is 48.6 Å². The number of carbonyl (C=O) groups is 2. The highest BCUT2D eigenvalue weighted by atomic mass is 35.5. The molecule has 7 nitrogen and oxygen atoms in total. The lowest BCUT2D eigenvalue weighted by molar-refractivity contribution is -0.141. The van der Waals surface area contributed by atoms with Crippen molar-refractivity contribution in [2.24, 2.45) is 5.92 Å². The van der Waals surface area contributed by atoms with E-state index < -0.39 is 10.0 Å². The van der Waals surface area contributed by atoms with E-state index in [1.807, 2.05) is 17.0 Å². The van der Waals surface area contributed by atoms with Crippen molar-refractivity contribution in [1.29, 1.82) is 0 Å². The number of likely N-dealkylation sites (tertiary alicyclic amines) is 1. The van der Waals surface area contributed by atoms with Crippen molar-refractivity contribution in [1.82, 2.24) is 14.5 Å². The number of piperidine rings is 1. The lowest BCUT2D eigenvalue weighted by atomic mass is 9.93. The number of carbonyl (C=O) groups excluding carboxylic acids is 2. The fourth-order valence-electron chi connectivity index (χ4n) is 4.49. The number of rotatable bonds is 6. The Labute approximate surface area is 199 Å². The summed E-state index contributed by atoms with van der Waals surface area (Å²) in [5, 5.41) is 0.333. The maximum atomic E-state index is 13.0. The van der Waals surface area contributed by atoms with Crippen LogP contribution < -0.4 is 4.72 Å². The Morgan fingerprint density at radius 3 is 2.42 bits per heavy atom. The standard InChI is InChI=1S/C24H28ClN3O4S/c25-21-6-3-7-22(16-21)33(31,32)26-12-8-23(29)27-13-10-19(11-14-27)24(30)28-15-9-18-4-1-2-5-20(18)17-28/h1-7,16,19,26H,8-15,17H2. The van der Waals surface area contributed by atoms with Crippen molar-refractivity contribution in [2.75, 3.05) is 26.2 Å². The topological polar surface area (TPSA) is 86.8 Å². The first-order valence-corrected chi connectivity index (χ1v) is 13.1. The molecule has 0 bridgehead atoms. The van der Waals surface area contributed by atoms with Gasteiger partial charge in [0.2, 0.25) is 21.8 Å². The van der Waals surface area contributed by atoms with Crippen LogP contribution in [0, 0.1) is 5.92 Å². The lowest BCUT2D eigenvalue weighted by Gasteiger charge is -2.36. The van der Waals surface area contributed by atoms with E-state index in [4.69, 9.17) is 11.6 Å². The van der Waals surface area contributed by atoms with Crippen LogP contribution >= 0.6 is 11.6 Å². The van der Waals surface area contributed by atoms with Gasteiger partial charge in [0, 0.05) is 50.1 Å². The Morgan fingerprint density at radius 1 is 0.970 bits per heavy atom. The zero-order valence-electron chi connectivity index (χ0n) is 18.4. The first kappa shape index (κ1) is 23.7. The van der Waals surface area contributed by atoms with E-state index in [0.29, 0.717) is 37.5 Å². The summed E-state index contributed by atoms with van der Waals surface area (Å²) in [6.45, 7) is 2.43. The van der Waals surface area contributed by atoms with Crippen LogP contribution in [-0.4, -0.2) is 56.2 Å². The van der Waals surface area contributed by atoms with Crippen molar-refractivity contribution in [3.05, 3.63) is 64.7 Å². The second-order valence-corrected chi connectivity index (χ2v) is 10.7. The number of hydrogen-bond acceptors (Lipinski definition) is 4. The van der Waals surface area contributed by atoms with E-state index in [2.05, 4.69) is 16.9 Å². The minimum atomic E-state index is -3.72. The average molecular weight is 490 g/mol. The average Bonchev–Trinajstić information content (AvgIpc) is 2.83. The van der Waals surface area contributed by atoms with Crippen LogP contribution in [0.25, 0.3) is 0 Å². The van der Waals surface area contributed by atoms with Gasteiger partial charge in [0.25, 0.3) is 0 Å². The summed E-state index contributed by atoms with van der Waals surface area (Å²) in [5.41, 5.74) is 2.53. The van der Waals surface area contributed by atoms with E-state index in [1.54, 1.807) is 17.0 Å².